The highest BCUT2D eigenvalue weighted by Crippen LogP contribution is 2.44. The van der Waals surface area contributed by atoms with Gasteiger partial charge in [-0.15, -0.1) is 0 Å². The number of rotatable bonds is 1. The standard InChI is InChI=1S/C22H19N3O4/c1-24-10-19(26)25-16(22(24)27)9-14-13-4-2-3-5-15(13)23-20(14)21(25)12-6-7-17-18(8-12)29-11-28-17/h2-8,16,21,23H,9-11H2,1H3/t16-,21-/m1/s1/i2D,3D,4D,5D,9D2,10D2,16D,21D. The van der Waals surface area contributed by atoms with E-state index in [4.69, 9.17) is 20.4 Å². The highest BCUT2D eigenvalue weighted by atomic mass is 16.7. The molecule has 7 heteroatoms. The van der Waals surface area contributed by atoms with Gasteiger partial charge in [0.05, 0.1) is 23.5 Å². The summed E-state index contributed by atoms with van der Waals surface area (Å²) in [6, 6.07) is -4.57. The number of nitrogens with one attached hydrogen (secondary N) is 1. The molecular formula is C22H19N3O4. The van der Waals surface area contributed by atoms with Crippen molar-refractivity contribution in [2.45, 2.75) is 18.4 Å². The van der Waals surface area contributed by atoms with Crippen LogP contribution in [0.15, 0.2) is 42.4 Å². The van der Waals surface area contributed by atoms with Crippen molar-refractivity contribution in [3.8, 4) is 11.5 Å². The molecule has 0 spiro atoms. The predicted molar refractivity (Wildman–Crippen MR) is 105 cm³/mol. The zero-order chi connectivity index (χ0) is 28.6. The zero-order valence-electron chi connectivity index (χ0n) is 25.0. The Kier molecular flexibility index (Phi) is 1.86. The molecule has 1 fully saturated rings. The molecule has 2 atom stereocenters. The van der Waals surface area contributed by atoms with Crippen molar-refractivity contribution in [3.63, 3.8) is 0 Å². The van der Waals surface area contributed by atoms with Gasteiger partial charge in [0.15, 0.2) is 11.5 Å². The number of nitrogens with zero attached hydrogens (tertiary/aromatic N) is 2. The van der Waals surface area contributed by atoms with Gasteiger partial charge in [-0.3, -0.25) is 9.59 Å². The Morgan fingerprint density at radius 1 is 1.24 bits per heavy atom. The summed E-state index contributed by atoms with van der Waals surface area (Å²) in [4.78, 5) is 30.7. The molecule has 3 aromatic rings. The number of fused-ring (bicyclic) bond motifs is 5. The fourth-order valence-electron chi connectivity index (χ4n) is 3.68. The second-order valence-corrected chi connectivity index (χ2v) is 6.63. The van der Waals surface area contributed by atoms with Gasteiger partial charge in [0.2, 0.25) is 18.6 Å². The normalized spacial score (nSPS) is 36.3. The van der Waals surface area contributed by atoms with Gasteiger partial charge in [0, 0.05) is 32.8 Å². The minimum absolute atomic E-state index is 0.136. The van der Waals surface area contributed by atoms with Gasteiger partial charge in [-0.25, -0.2) is 0 Å². The first-order valence-electron chi connectivity index (χ1n) is 13.7. The quantitative estimate of drug-likeness (QED) is 0.681. The molecule has 1 saturated heterocycles. The second-order valence-electron chi connectivity index (χ2n) is 6.63. The van der Waals surface area contributed by atoms with Crippen LogP contribution in [-0.4, -0.2) is 53.0 Å². The number of aromatic nitrogens is 1. The molecule has 0 saturated carbocycles. The van der Waals surface area contributed by atoms with E-state index in [-0.39, 0.29) is 39.7 Å². The largest absolute Gasteiger partial charge is 0.454 e. The monoisotopic (exact) mass is 399 g/mol. The minimum atomic E-state index is -3.26. The van der Waals surface area contributed by atoms with Gasteiger partial charge in [-0.2, -0.15) is 0 Å². The molecule has 0 radical (unpaired) electrons. The molecule has 7 nitrogen and oxygen atoms in total. The zero-order valence-corrected chi connectivity index (χ0v) is 15.0. The molecule has 2 amide bonds. The summed E-state index contributed by atoms with van der Waals surface area (Å²) < 4.78 is 97.5. The van der Waals surface area contributed by atoms with E-state index < -0.39 is 72.1 Å². The number of aromatic amines is 1. The van der Waals surface area contributed by atoms with Crippen LogP contribution in [0.1, 0.15) is 36.5 Å². The smallest absolute Gasteiger partial charge is 0.245 e. The summed E-state index contributed by atoms with van der Waals surface area (Å²) in [5, 5.41) is -0.388. The molecule has 6 rings (SSSR count). The van der Waals surface area contributed by atoms with Gasteiger partial charge in [-0.1, -0.05) is 24.2 Å². The van der Waals surface area contributed by atoms with Crippen molar-refractivity contribution >= 4 is 22.7 Å². The van der Waals surface area contributed by atoms with Crippen molar-refractivity contribution in [2.24, 2.45) is 0 Å². The molecule has 1 N–H and O–H groups in total. The fourth-order valence-corrected chi connectivity index (χ4v) is 3.68. The first-order chi connectivity index (χ1) is 18.0. The molecule has 0 bridgehead atoms. The Bertz CT molecular complexity index is 1660. The van der Waals surface area contributed by atoms with Crippen molar-refractivity contribution < 1.29 is 32.8 Å². The number of hydrogen-bond donors (Lipinski definition) is 1. The summed E-state index contributed by atoms with van der Waals surface area (Å²) >= 11 is 0. The first-order valence-corrected chi connectivity index (χ1v) is 8.70. The van der Waals surface area contributed by atoms with Crippen molar-refractivity contribution in [1.82, 2.24) is 14.8 Å². The maximum absolute atomic E-state index is 13.8. The molecule has 1 aromatic heterocycles. The van der Waals surface area contributed by atoms with Crippen LogP contribution in [0.4, 0.5) is 0 Å². The molecular weight excluding hydrogens is 370 g/mol. The lowest BCUT2D eigenvalue weighted by Crippen LogP contribution is -2.62. The number of amides is 2. The third-order valence-corrected chi connectivity index (χ3v) is 4.98. The summed E-state index contributed by atoms with van der Waals surface area (Å²) in [6.07, 6.45) is -3.18. The summed E-state index contributed by atoms with van der Waals surface area (Å²) in [7, 11) is 0.910. The number of benzene rings is 2. The molecule has 2 aromatic carbocycles. The van der Waals surface area contributed by atoms with Crippen LogP contribution in [0.5, 0.6) is 11.5 Å². The molecule has 4 heterocycles. The molecule has 29 heavy (non-hydrogen) atoms. The maximum Gasteiger partial charge on any atom is 0.245 e. The van der Waals surface area contributed by atoms with Crippen LogP contribution in [0, 0.1) is 0 Å². The van der Waals surface area contributed by atoms with E-state index in [9.17, 15) is 12.3 Å². The molecule has 146 valence electrons. The van der Waals surface area contributed by atoms with E-state index in [0.717, 1.165) is 7.05 Å². The van der Waals surface area contributed by atoms with Crippen molar-refractivity contribution in [2.75, 3.05) is 20.3 Å². The number of hydrogen-bond acceptors (Lipinski definition) is 4. The van der Waals surface area contributed by atoms with E-state index in [1.807, 2.05) is 0 Å². The lowest BCUT2D eigenvalue weighted by molar-refractivity contribution is -0.157. The molecule has 0 unspecified atom stereocenters. The van der Waals surface area contributed by atoms with Gasteiger partial charge in [0.1, 0.15) is 6.02 Å². The minimum Gasteiger partial charge on any atom is -0.454 e. The number of carbonyl (C=O) groups is 2. The Morgan fingerprint density at radius 3 is 2.97 bits per heavy atom. The highest BCUT2D eigenvalue weighted by Gasteiger charge is 2.47. The number of piperazine rings is 1. The Hall–Kier alpha value is -3.48. The van der Waals surface area contributed by atoms with E-state index in [1.165, 1.54) is 18.2 Å². The Balaban J connectivity index is 1.83. The molecule has 3 aliphatic rings. The second kappa shape index (κ2) is 5.76. The van der Waals surface area contributed by atoms with E-state index >= 15 is 0 Å². The first kappa shape index (κ1) is 9.35. The van der Waals surface area contributed by atoms with Gasteiger partial charge >= 0.3 is 0 Å². The Labute approximate surface area is 180 Å². The average Bonchev–Trinajstić information content (AvgIpc) is 3.53. The number of likely N-dealkylation sites (N-methyl/N-ethyl adjacent to an activating group) is 1. The number of ether oxygens (including phenoxy) is 2. The topological polar surface area (TPSA) is 74.9 Å². The highest BCUT2D eigenvalue weighted by molar-refractivity contribution is 5.97. The average molecular weight is 399 g/mol. The molecule has 0 aliphatic carbocycles. The SMILES string of the molecule is [2H]c1c([2H])c([2H])c2c3c([nH]c2c1[2H])[C@@]([2H])(c1ccc2c(c1)OCO2)N1C(=O)C([2H])([2H])N(C)C(=O)[C@@]1([2H])C3([2H])[2H]. The van der Waals surface area contributed by atoms with Crippen LogP contribution >= 0.6 is 0 Å². The summed E-state index contributed by atoms with van der Waals surface area (Å²) in [6.45, 7) is -3.21. The Morgan fingerprint density at radius 2 is 2.07 bits per heavy atom. The summed E-state index contributed by atoms with van der Waals surface area (Å²) in [5.74, 6) is -2.57. The fraction of sp³-hybridized carbons (Fsp3) is 0.273. The van der Waals surface area contributed by atoms with Gasteiger partial charge < -0.3 is 24.3 Å². The van der Waals surface area contributed by atoms with Gasteiger partial charge in [0.25, 0.3) is 0 Å². The van der Waals surface area contributed by atoms with Crippen molar-refractivity contribution in [3.05, 3.63) is 59.2 Å². The molecule has 3 aliphatic heterocycles. The third kappa shape index (κ3) is 2.24. The van der Waals surface area contributed by atoms with Crippen LogP contribution in [0.2, 0.25) is 0 Å². The predicted octanol–water partition coefficient (Wildman–Crippen LogP) is 2.21. The van der Waals surface area contributed by atoms with E-state index in [2.05, 4.69) is 4.98 Å². The number of para-hydroxylation sites is 1. The number of carbonyl (C=O) groups excluding carboxylic acids is 2. The number of H-pyrrole nitrogens is 1. The lowest BCUT2D eigenvalue weighted by Gasteiger charge is -2.46. The maximum atomic E-state index is 13.8. The third-order valence-electron chi connectivity index (χ3n) is 4.98. The van der Waals surface area contributed by atoms with Gasteiger partial charge in [-0.05, 0) is 29.3 Å². The van der Waals surface area contributed by atoms with Crippen LogP contribution in [0.25, 0.3) is 10.9 Å². The van der Waals surface area contributed by atoms with Crippen LogP contribution < -0.4 is 9.47 Å². The van der Waals surface area contributed by atoms with Crippen molar-refractivity contribution in [1.29, 1.82) is 0 Å². The summed E-state index contributed by atoms with van der Waals surface area (Å²) in [5.41, 5.74) is -1.48. The van der Waals surface area contributed by atoms with Crippen LogP contribution in [0.3, 0.4) is 0 Å². The van der Waals surface area contributed by atoms with Crippen LogP contribution in [-0.2, 0) is 16.0 Å². The van der Waals surface area contributed by atoms with E-state index in [0.29, 0.717) is 4.90 Å². The lowest BCUT2D eigenvalue weighted by atomic mass is 9.86. The van der Waals surface area contributed by atoms with E-state index in [1.54, 1.807) is 0 Å².